The molecule has 2 nitrogen and oxygen atoms in total. The van der Waals surface area contributed by atoms with Gasteiger partial charge in [0.2, 0.25) is 0 Å². The first kappa shape index (κ1) is 34.2. The third kappa shape index (κ3) is 27.6. The van der Waals surface area contributed by atoms with E-state index in [4.69, 9.17) is 4.74 Å². The molecule has 35 heavy (non-hydrogen) atoms. The van der Waals surface area contributed by atoms with Crippen molar-refractivity contribution < 1.29 is 9.53 Å². The molecule has 0 aromatic carbocycles. The predicted molar refractivity (Wildman–Crippen MR) is 156 cm³/mol. The number of rotatable bonds is 29. The summed E-state index contributed by atoms with van der Waals surface area (Å²) in [6, 6.07) is 0. The maximum absolute atomic E-state index is 12.3. The van der Waals surface area contributed by atoms with Gasteiger partial charge in [0.1, 0.15) is 0 Å². The highest BCUT2D eigenvalue weighted by atomic mass is 16.5. The quantitative estimate of drug-likeness (QED) is 0.0589. The molecule has 0 bridgehead atoms. The largest absolute Gasteiger partial charge is 0.465 e. The molecule has 0 N–H and O–H groups in total. The van der Waals surface area contributed by atoms with E-state index in [1.165, 1.54) is 154 Å². The van der Waals surface area contributed by atoms with Crippen molar-refractivity contribution in [2.75, 3.05) is 6.61 Å². The Morgan fingerprint density at radius 2 is 0.943 bits per heavy atom. The number of hydrogen-bond donors (Lipinski definition) is 0. The van der Waals surface area contributed by atoms with Gasteiger partial charge in [-0.1, -0.05) is 161 Å². The van der Waals surface area contributed by atoms with Crippen molar-refractivity contribution in [1.29, 1.82) is 0 Å². The fourth-order valence-corrected chi connectivity index (χ4v) is 5.09. The van der Waals surface area contributed by atoms with Crippen molar-refractivity contribution in [3.63, 3.8) is 0 Å². The zero-order chi connectivity index (χ0) is 25.7. The van der Waals surface area contributed by atoms with Gasteiger partial charge in [0.15, 0.2) is 0 Å². The lowest BCUT2D eigenvalue weighted by atomic mass is 9.91. The van der Waals surface area contributed by atoms with Crippen molar-refractivity contribution in [2.45, 2.75) is 181 Å². The molecule has 0 rings (SSSR count). The second-order valence-corrected chi connectivity index (χ2v) is 11.0. The summed E-state index contributed by atoms with van der Waals surface area (Å²) in [5, 5.41) is 0. The van der Waals surface area contributed by atoms with Crippen LogP contribution in [0.2, 0.25) is 0 Å². The van der Waals surface area contributed by atoms with Crippen LogP contribution in [-0.4, -0.2) is 12.6 Å². The molecule has 0 aliphatic heterocycles. The molecule has 0 radical (unpaired) electrons. The van der Waals surface area contributed by atoms with E-state index in [1.54, 1.807) is 0 Å². The van der Waals surface area contributed by atoms with Gasteiger partial charge in [-0.25, -0.2) is 0 Å². The Bertz CT molecular complexity index is 431. The van der Waals surface area contributed by atoms with E-state index in [9.17, 15) is 4.79 Å². The van der Waals surface area contributed by atoms with Gasteiger partial charge in [0.25, 0.3) is 0 Å². The summed E-state index contributed by atoms with van der Waals surface area (Å²) in [6.45, 7) is 8.78. The number of ether oxygens (including phenoxy) is 1. The number of carbonyl (C=O) groups is 1. The average molecular weight is 493 g/mol. The Hall–Kier alpha value is -0.790. The average Bonchev–Trinajstić information content (AvgIpc) is 2.85. The summed E-state index contributed by atoms with van der Waals surface area (Å²) in [5.41, 5.74) is 0. The predicted octanol–water partition coefficient (Wildman–Crippen LogP) is 11.5. The van der Waals surface area contributed by atoms with E-state index >= 15 is 0 Å². The number of carbonyl (C=O) groups excluding carboxylic acids is 1. The molecule has 208 valence electrons. The zero-order valence-electron chi connectivity index (χ0n) is 24.3. The minimum atomic E-state index is 0.00265. The van der Waals surface area contributed by atoms with Gasteiger partial charge in [-0.15, -0.1) is 6.58 Å². The first-order chi connectivity index (χ1) is 17.2. The summed E-state index contributed by atoms with van der Waals surface area (Å²) < 4.78 is 5.42. The van der Waals surface area contributed by atoms with Crippen molar-refractivity contribution >= 4 is 5.97 Å². The molecule has 0 saturated carbocycles. The number of esters is 1. The van der Waals surface area contributed by atoms with Crippen molar-refractivity contribution in [2.24, 2.45) is 5.92 Å². The molecule has 0 spiro atoms. The molecular formula is C33H64O2. The van der Waals surface area contributed by atoms with Gasteiger partial charge in [0, 0.05) is 6.42 Å². The summed E-state index contributed by atoms with van der Waals surface area (Å²) in [7, 11) is 0. The monoisotopic (exact) mass is 492 g/mol. The molecule has 1 atom stereocenters. The molecule has 0 saturated heterocycles. The van der Waals surface area contributed by atoms with Crippen LogP contribution in [0.4, 0.5) is 0 Å². The highest BCUT2D eigenvalue weighted by Crippen LogP contribution is 2.23. The first-order valence-electron chi connectivity index (χ1n) is 16.0. The van der Waals surface area contributed by atoms with E-state index in [2.05, 4.69) is 20.4 Å². The fraction of sp³-hybridized carbons (Fsp3) is 0.909. The lowest BCUT2D eigenvalue weighted by Crippen LogP contribution is -2.12. The van der Waals surface area contributed by atoms with Gasteiger partial charge >= 0.3 is 5.97 Å². The standard InChI is InChI=1S/C33H64O2/c1-4-7-10-12-14-16-18-19-21-23-25-27-29-32(31-33(34)35-30-9-6-3)28-26-24-22-20-17-15-13-11-8-5-2/h6,32H,3-5,7-31H2,1-2H3. The molecule has 0 fully saturated rings. The van der Waals surface area contributed by atoms with Crippen molar-refractivity contribution in [3.8, 4) is 0 Å². The maximum Gasteiger partial charge on any atom is 0.306 e. The molecule has 0 heterocycles. The molecule has 0 amide bonds. The Kier molecular flexibility index (Phi) is 28.8. The van der Waals surface area contributed by atoms with Crippen LogP contribution in [0, 0.1) is 5.92 Å². The third-order valence-electron chi connectivity index (χ3n) is 7.47. The van der Waals surface area contributed by atoms with Crippen LogP contribution < -0.4 is 0 Å². The van der Waals surface area contributed by atoms with E-state index in [0.29, 0.717) is 18.9 Å². The second-order valence-electron chi connectivity index (χ2n) is 11.0. The van der Waals surface area contributed by atoms with Crippen LogP contribution >= 0.6 is 0 Å². The lowest BCUT2D eigenvalue weighted by molar-refractivity contribution is -0.144. The van der Waals surface area contributed by atoms with Crippen molar-refractivity contribution in [1.82, 2.24) is 0 Å². The van der Waals surface area contributed by atoms with Gasteiger partial charge in [-0.05, 0) is 25.2 Å². The van der Waals surface area contributed by atoms with E-state index in [0.717, 1.165) is 6.42 Å². The summed E-state index contributed by atoms with van der Waals surface area (Å²) in [6.07, 6.45) is 36.0. The normalized spacial score (nSPS) is 12.1. The van der Waals surface area contributed by atoms with Crippen LogP contribution in [0.5, 0.6) is 0 Å². The number of unbranched alkanes of at least 4 members (excludes halogenated alkanes) is 20. The molecule has 1 unspecified atom stereocenters. The molecule has 0 aliphatic rings. The topological polar surface area (TPSA) is 26.3 Å². The molecule has 0 aliphatic carbocycles. The SMILES string of the molecule is C=CCCOC(=O)CC(CCCCCCCCCCCC)CCCCCCCCCCCCCC. The van der Waals surface area contributed by atoms with E-state index in [1.807, 2.05) is 6.08 Å². The van der Waals surface area contributed by atoms with Gasteiger partial charge in [-0.2, -0.15) is 0 Å². The Morgan fingerprint density at radius 3 is 1.29 bits per heavy atom. The molecular weight excluding hydrogens is 428 g/mol. The van der Waals surface area contributed by atoms with Crippen LogP contribution in [0.3, 0.4) is 0 Å². The molecule has 0 aromatic heterocycles. The summed E-state index contributed by atoms with van der Waals surface area (Å²) >= 11 is 0. The summed E-state index contributed by atoms with van der Waals surface area (Å²) in [5.74, 6) is 0.520. The highest BCUT2D eigenvalue weighted by molar-refractivity contribution is 5.69. The van der Waals surface area contributed by atoms with E-state index in [-0.39, 0.29) is 5.97 Å². The Morgan fingerprint density at radius 1 is 0.600 bits per heavy atom. The fourth-order valence-electron chi connectivity index (χ4n) is 5.09. The first-order valence-corrected chi connectivity index (χ1v) is 16.0. The molecule has 0 aromatic rings. The Labute approximate surface area is 221 Å². The lowest BCUT2D eigenvalue weighted by Gasteiger charge is -2.16. The minimum absolute atomic E-state index is 0.00265. The smallest absolute Gasteiger partial charge is 0.306 e. The van der Waals surface area contributed by atoms with Crippen LogP contribution in [0.25, 0.3) is 0 Å². The zero-order valence-corrected chi connectivity index (χ0v) is 24.3. The third-order valence-corrected chi connectivity index (χ3v) is 7.47. The number of hydrogen-bond acceptors (Lipinski definition) is 2. The maximum atomic E-state index is 12.3. The highest BCUT2D eigenvalue weighted by Gasteiger charge is 2.14. The van der Waals surface area contributed by atoms with E-state index < -0.39 is 0 Å². The molecule has 2 heteroatoms. The van der Waals surface area contributed by atoms with Gasteiger partial charge < -0.3 is 4.74 Å². The van der Waals surface area contributed by atoms with Gasteiger partial charge in [-0.3, -0.25) is 4.79 Å². The van der Waals surface area contributed by atoms with Crippen molar-refractivity contribution in [3.05, 3.63) is 12.7 Å². The summed E-state index contributed by atoms with van der Waals surface area (Å²) in [4.78, 5) is 12.3. The minimum Gasteiger partial charge on any atom is -0.465 e. The van der Waals surface area contributed by atoms with Crippen LogP contribution in [0.15, 0.2) is 12.7 Å². The van der Waals surface area contributed by atoms with Crippen LogP contribution in [-0.2, 0) is 9.53 Å². The van der Waals surface area contributed by atoms with Crippen LogP contribution in [0.1, 0.15) is 181 Å². The van der Waals surface area contributed by atoms with Gasteiger partial charge in [0.05, 0.1) is 6.61 Å². The Balaban J connectivity index is 3.89. The second kappa shape index (κ2) is 29.4.